The smallest absolute Gasteiger partial charge is 0.274 e. The quantitative estimate of drug-likeness (QED) is 0.773. The van der Waals surface area contributed by atoms with Crippen molar-refractivity contribution in [3.63, 3.8) is 0 Å². The summed E-state index contributed by atoms with van der Waals surface area (Å²) in [6.07, 6.45) is 4.92. The number of anilines is 2. The van der Waals surface area contributed by atoms with E-state index in [0.717, 1.165) is 42.7 Å². The van der Waals surface area contributed by atoms with Crippen molar-refractivity contribution < 1.29 is 4.79 Å². The second kappa shape index (κ2) is 8.81. The molecule has 0 atom stereocenters. The summed E-state index contributed by atoms with van der Waals surface area (Å²) in [6, 6.07) is 3.95. The van der Waals surface area contributed by atoms with Crippen LogP contribution in [0.1, 0.15) is 48.3 Å². The van der Waals surface area contributed by atoms with E-state index in [-0.39, 0.29) is 5.91 Å². The monoisotopic (exact) mass is 360 g/mol. The van der Waals surface area contributed by atoms with E-state index in [1.807, 2.05) is 30.9 Å². The van der Waals surface area contributed by atoms with Crippen molar-refractivity contribution in [3.8, 4) is 0 Å². The predicted octanol–water partition coefficient (Wildman–Crippen LogP) is 4.75. The van der Waals surface area contributed by atoms with Crippen molar-refractivity contribution >= 4 is 29.0 Å². The van der Waals surface area contributed by atoms with Gasteiger partial charge in [-0.05, 0) is 43.9 Å². The van der Waals surface area contributed by atoms with Gasteiger partial charge in [0.2, 0.25) is 0 Å². The number of nitrogens with one attached hydrogen (secondary N) is 1. The molecule has 1 aromatic carbocycles. The molecule has 1 aromatic heterocycles. The van der Waals surface area contributed by atoms with Gasteiger partial charge in [0.15, 0.2) is 0 Å². The standard InChI is InChI=1S/C19H25ClN4O/c1-5-7-24(8-6-2)19(25)16-11-22-17(12-21-16)23-18-14(4)9-13(3)10-15(18)20/h9-12H,5-8H2,1-4H3,(H,22,23). The Morgan fingerprint density at radius 3 is 2.32 bits per heavy atom. The summed E-state index contributed by atoms with van der Waals surface area (Å²) in [5.41, 5.74) is 3.30. The first-order valence-electron chi connectivity index (χ1n) is 8.61. The average Bonchev–Trinajstić information content (AvgIpc) is 2.58. The Morgan fingerprint density at radius 2 is 1.80 bits per heavy atom. The first-order valence-corrected chi connectivity index (χ1v) is 8.99. The van der Waals surface area contributed by atoms with Gasteiger partial charge in [0.25, 0.3) is 5.91 Å². The third kappa shape index (κ3) is 4.92. The molecule has 0 saturated carbocycles. The molecule has 5 nitrogen and oxygen atoms in total. The fraction of sp³-hybridized carbons (Fsp3) is 0.421. The van der Waals surface area contributed by atoms with Crippen LogP contribution in [0, 0.1) is 13.8 Å². The summed E-state index contributed by atoms with van der Waals surface area (Å²) in [4.78, 5) is 22.9. The molecule has 0 spiro atoms. The number of aryl methyl sites for hydroxylation is 2. The normalized spacial score (nSPS) is 10.6. The Hall–Kier alpha value is -2.14. The minimum absolute atomic E-state index is 0.0766. The molecule has 0 saturated heterocycles. The third-order valence-corrected chi connectivity index (χ3v) is 4.13. The molecule has 0 aliphatic heterocycles. The lowest BCUT2D eigenvalue weighted by atomic mass is 10.1. The van der Waals surface area contributed by atoms with E-state index in [1.165, 1.54) is 6.20 Å². The summed E-state index contributed by atoms with van der Waals surface area (Å²) in [6.45, 7) is 9.56. The van der Waals surface area contributed by atoms with Crippen LogP contribution in [0.25, 0.3) is 0 Å². The molecule has 134 valence electrons. The number of benzene rings is 1. The summed E-state index contributed by atoms with van der Waals surface area (Å²) in [7, 11) is 0. The second-order valence-electron chi connectivity index (χ2n) is 6.14. The first kappa shape index (κ1) is 19.2. The summed E-state index contributed by atoms with van der Waals surface area (Å²) < 4.78 is 0. The molecule has 2 aromatic rings. The number of carbonyl (C=O) groups is 1. The molecule has 1 heterocycles. The second-order valence-corrected chi connectivity index (χ2v) is 6.55. The van der Waals surface area contributed by atoms with Crippen molar-refractivity contribution in [1.29, 1.82) is 0 Å². The molecule has 0 unspecified atom stereocenters. The van der Waals surface area contributed by atoms with Crippen LogP contribution in [0.2, 0.25) is 5.02 Å². The zero-order valence-electron chi connectivity index (χ0n) is 15.3. The number of rotatable bonds is 7. The van der Waals surface area contributed by atoms with Crippen molar-refractivity contribution in [2.45, 2.75) is 40.5 Å². The Bertz CT molecular complexity index is 702. The van der Waals surface area contributed by atoms with E-state index in [0.29, 0.717) is 16.5 Å². The number of aromatic nitrogens is 2. The number of carbonyl (C=O) groups excluding carboxylic acids is 1. The van der Waals surface area contributed by atoms with Crippen LogP contribution >= 0.6 is 11.6 Å². The maximum absolute atomic E-state index is 12.5. The zero-order chi connectivity index (χ0) is 18.4. The van der Waals surface area contributed by atoms with Gasteiger partial charge in [-0.15, -0.1) is 0 Å². The highest BCUT2D eigenvalue weighted by Gasteiger charge is 2.16. The van der Waals surface area contributed by atoms with Crippen LogP contribution in [0.15, 0.2) is 24.5 Å². The maximum atomic E-state index is 12.5. The van der Waals surface area contributed by atoms with Crippen LogP contribution in [-0.4, -0.2) is 33.9 Å². The molecule has 0 aliphatic carbocycles. The van der Waals surface area contributed by atoms with Crippen molar-refractivity contribution in [1.82, 2.24) is 14.9 Å². The van der Waals surface area contributed by atoms with Gasteiger partial charge in [0.05, 0.1) is 23.1 Å². The lowest BCUT2D eigenvalue weighted by Crippen LogP contribution is -2.33. The van der Waals surface area contributed by atoms with Gasteiger partial charge in [-0.3, -0.25) is 4.79 Å². The molecule has 0 fully saturated rings. The van der Waals surface area contributed by atoms with Gasteiger partial charge >= 0.3 is 0 Å². The van der Waals surface area contributed by atoms with Crippen LogP contribution in [0.4, 0.5) is 11.5 Å². The fourth-order valence-corrected chi connectivity index (χ4v) is 3.09. The molecule has 1 N–H and O–H groups in total. The molecule has 6 heteroatoms. The molecule has 0 aliphatic rings. The Morgan fingerprint density at radius 1 is 1.12 bits per heavy atom. The Labute approximate surface area is 154 Å². The number of hydrogen-bond acceptors (Lipinski definition) is 4. The van der Waals surface area contributed by atoms with Crippen LogP contribution in [0.3, 0.4) is 0 Å². The minimum Gasteiger partial charge on any atom is -0.338 e. The minimum atomic E-state index is -0.0766. The van der Waals surface area contributed by atoms with E-state index in [1.54, 1.807) is 6.20 Å². The SMILES string of the molecule is CCCN(CCC)C(=O)c1cnc(Nc2c(C)cc(C)cc2Cl)cn1. The summed E-state index contributed by atoms with van der Waals surface area (Å²) >= 11 is 6.31. The zero-order valence-corrected chi connectivity index (χ0v) is 16.0. The molecular weight excluding hydrogens is 336 g/mol. The van der Waals surface area contributed by atoms with Gasteiger partial charge in [-0.1, -0.05) is 31.5 Å². The molecular formula is C19H25ClN4O. The number of amides is 1. The summed E-state index contributed by atoms with van der Waals surface area (Å²) in [5, 5.41) is 3.82. The Balaban J connectivity index is 2.16. The number of nitrogens with zero attached hydrogens (tertiary/aromatic N) is 3. The van der Waals surface area contributed by atoms with E-state index in [2.05, 4.69) is 29.1 Å². The fourth-order valence-electron chi connectivity index (χ4n) is 2.72. The molecule has 2 rings (SSSR count). The van der Waals surface area contributed by atoms with Crippen molar-refractivity contribution in [3.05, 3.63) is 46.4 Å². The highest BCUT2D eigenvalue weighted by Crippen LogP contribution is 2.29. The van der Waals surface area contributed by atoms with E-state index in [9.17, 15) is 4.79 Å². The molecule has 25 heavy (non-hydrogen) atoms. The van der Waals surface area contributed by atoms with Crippen molar-refractivity contribution in [2.24, 2.45) is 0 Å². The van der Waals surface area contributed by atoms with E-state index in [4.69, 9.17) is 11.6 Å². The molecule has 1 amide bonds. The molecule has 0 radical (unpaired) electrons. The van der Waals surface area contributed by atoms with Gasteiger partial charge in [0, 0.05) is 13.1 Å². The van der Waals surface area contributed by atoms with Gasteiger partial charge in [0.1, 0.15) is 11.5 Å². The Kier molecular flexibility index (Phi) is 6.76. The lowest BCUT2D eigenvalue weighted by molar-refractivity contribution is 0.0749. The van der Waals surface area contributed by atoms with Crippen LogP contribution in [-0.2, 0) is 0 Å². The maximum Gasteiger partial charge on any atom is 0.274 e. The highest BCUT2D eigenvalue weighted by molar-refractivity contribution is 6.33. The average molecular weight is 361 g/mol. The lowest BCUT2D eigenvalue weighted by Gasteiger charge is -2.20. The van der Waals surface area contributed by atoms with E-state index >= 15 is 0 Å². The van der Waals surface area contributed by atoms with Gasteiger partial charge in [-0.2, -0.15) is 0 Å². The molecule has 0 bridgehead atoms. The van der Waals surface area contributed by atoms with Gasteiger partial charge in [-0.25, -0.2) is 9.97 Å². The third-order valence-electron chi connectivity index (χ3n) is 3.83. The highest BCUT2D eigenvalue weighted by atomic mass is 35.5. The van der Waals surface area contributed by atoms with Crippen LogP contribution in [0.5, 0.6) is 0 Å². The summed E-state index contributed by atoms with van der Waals surface area (Å²) in [5.74, 6) is 0.482. The predicted molar refractivity (Wildman–Crippen MR) is 103 cm³/mol. The first-order chi connectivity index (χ1) is 12.0. The van der Waals surface area contributed by atoms with Gasteiger partial charge < -0.3 is 10.2 Å². The number of hydrogen-bond donors (Lipinski definition) is 1. The van der Waals surface area contributed by atoms with Crippen LogP contribution < -0.4 is 5.32 Å². The number of halogens is 1. The van der Waals surface area contributed by atoms with E-state index < -0.39 is 0 Å². The topological polar surface area (TPSA) is 58.1 Å². The van der Waals surface area contributed by atoms with Crippen molar-refractivity contribution in [2.75, 3.05) is 18.4 Å². The largest absolute Gasteiger partial charge is 0.338 e.